The van der Waals surface area contributed by atoms with Crippen LogP contribution in [-0.2, 0) is 6.61 Å². The van der Waals surface area contributed by atoms with Crippen molar-refractivity contribution in [2.45, 2.75) is 6.61 Å². The molecule has 2 aromatic rings. The predicted octanol–water partition coefficient (Wildman–Crippen LogP) is 3.63. The molecule has 0 aromatic heterocycles. The van der Waals surface area contributed by atoms with Gasteiger partial charge in [-0.25, -0.2) is 0 Å². The summed E-state index contributed by atoms with van der Waals surface area (Å²) >= 11 is 6.02. The molecule has 0 aliphatic carbocycles. The number of aromatic hydroxyl groups is 1. The van der Waals surface area contributed by atoms with E-state index in [0.29, 0.717) is 23.1 Å². The van der Waals surface area contributed by atoms with Gasteiger partial charge in [-0.2, -0.15) is 0 Å². The molecule has 0 bridgehead atoms. The predicted molar refractivity (Wildman–Crippen MR) is 70.4 cm³/mol. The third kappa shape index (κ3) is 3.08. The lowest BCUT2D eigenvalue weighted by Crippen LogP contribution is -1.95. The largest absolute Gasteiger partial charge is 0.508 e. The number of halogens is 1. The minimum absolute atomic E-state index is 0.181. The molecule has 0 atom stereocenters. The molecule has 0 heterocycles. The zero-order chi connectivity index (χ0) is 13.0. The van der Waals surface area contributed by atoms with Gasteiger partial charge in [0.2, 0.25) is 0 Å². The van der Waals surface area contributed by atoms with Gasteiger partial charge in [0.15, 0.2) is 0 Å². The Morgan fingerprint density at radius 3 is 2.67 bits per heavy atom. The Kier molecular flexibility index (Phi) is 3.95. The normalized spacial score (nSPS) is 10.1. The van der Waals surface area contributed by atoms with Crippen LogP contribution in [0.3, 0.4) is 0 Å². The Hall–Kier alpha value is -1.87. The number of phenolic OH excluding ortho intramolecular Hbond substituents is 1. The summed E-state index contributed by atoms with van der Waals surface area (Å²) in [5.74, 6) is 1.43. The van der Waals surface area contributed by atoms with E-state index in [0.717, 1.165) is 5.56 Å². The van der Waals surface area contributed by atoms with Gasteiger partial charge in [-0.15, -0.1) is 0 Å². The van der Waals surface area contributed by atoms with Crippen LogP contribution in [0.1, 0.15) is 5.56 Å². The van der Waals surface area contributed by atoms with E-state index in [4.69, 9.17) is 21.1 Å². The average molecular weight is 265 g/mol. The van der Waals surface area contributed by atoms with Gasteiger partial charge in [-0.1, -0.05) is 23.7 Å². The van der Waals surface area contributed by atoms with Crippen LogP contribution in [0.2, 0.25) is 5.02 Å². The van der Waals surface area contributed by atoms with Crippen molar-refractivity contribution >= 4 is 11.6 Å². The number of hydrogen-bond acceptors (Lipinski definition) is 3. The number of benzene rings is 2. The highest BCUT2D eigenvalue weighted by molar-refractivity contribution is 6.32. The molecule has 0 amide bonds. The van der Waals surface area contributed by atoms with Crippen LogP contribution < -0.4 is 9.47 Å². The van der Waals surface area contributed by atoms with Crippen LogP contribution in [0.5, 0.6) is 17.2 Å². The maximum Gasteiger partial charge on any atom is 0.137 e. The van der Waals surface area contributed by atoms with Gasteiger partial charge in [0.05, 0.1) is 12.1 Å². The second kappa shape index (κ2) is 5.65. The Bertz CT molecular complexity index is 540. The highest BCUT2D eigenvalue weighted by Crippen LogP contribution is 2.26. The summed E-state index contributed by atoms with van der Waals surface area (Å²) in [6.07, 6.45) is 0. The highest BCUT2D eigenvalue weighted by Gasteiger charge is 2.03. The number of ether oxygens (including phenoxy) is 2. The van der Waals surface area contributed by atoms with Gasteiger partial charge in [0, 0.05) is 6.07 Å². The van der Waals surface area contributed by atoms with E-state index in [1.165, 1.54) is 0 Å². The van der Waals surface area contributed by atoms with Gasteiger partial charge in [0.1, 0.15) is 23.9 Å². The summed E-state index contributed by atoms with van der Waals surface area (Å²) in [6.45, 7) is 0.382. The minimum atomic E-state index is 0.181. The summed E-state index contributed by atoms with van der Waals surface area (Å²) in [4.78, 5) is 0. The number of hydrogen-bond donors (Lipinski definition) is 1. The molecule has 0 aliphatic rings. The zero-order valence-electron chi connectivity index (χ0n) is 9.89. The van der Waals surface area contributed by atoms with Gasteiger partial charge < -0.3 is 14.6 Å². The third-order valence-corrected chi connectivity index (χ3v) is 2.73. The Balaban J connectivity index is 2.04. The van der Waals surface area contributed by atoms with Crippen LogP contribution in [-0.4, -0.2) is 12.2 Å². The SMILES string of the molecule is COc1ccc(COc2cccc(O)c2)cc1Cl. The molecule has 18 heavy (non-hydrogen) atoms. The lowest BCUT2D eigenvalue weighted by molar-refractivity contribution is 0.304. The molecule has 0 radical (unpaired) electrons. The van der Waals surface area contributed by atoms with E-state index in [-0.39, 0.29) is 5.75 Å². The van der Waals surface area contributed by atoms with Crippen LogP contribution >= 0.6 is 11.6 Å². The fourth-order valence-electron chi connectivity index (χ4n) is 1.54. The van der Waals surface area contributed by atoms with E-state index < -0.39 is 0 Å². The molecular weight excluding hydrogens is 252 g/mol. The molecule has 1 N–H and O–H groups in total. The van der Waals surface area contributed by atoms with Gasteiger partial charge in [0.25, 0.3) is 0 Å². The smallest absolute Gasteiger partial charge is 0.137 e. The van der Waals surface area contributed by atoms with Crippen LogP contribution in [0, 0.1) is 0 Å². The molecule has 0 spiro atoms. The molecule has 3 nitrogen and oxygen atoms in total. The quantitative estimate of drug-likeness (QED) is 0.916. The molecule has 94 valence electrons. The van der Waals surface area contributed by atoms with Crippen molar-refractivity contribution in [3.8, 4) is 17.2 Å². The monoisotopic (exact) mass is 264 g/mol. The van der Waals surface area contributed by atoms with E-state index in [2.05, 4.69) is 0 Å². The molecule has 2 rings (SSSR count). The van der Waals surface area contributed by atoms with Crippen LogP contribution in [0.4, 0.5) is 0 Å². The molecule has 0 unspecified atom stereocenters. The maximum atomic E-state index is 9.31. The highest BCUT2D eigenvalue weighted by atomic mass is 35.5. The number of methoxy groups -OCH3 is 1. The zero-order valence-corrected chi connectivity index (χ0v) is 10.6. The lowest BCUT2D eigenvalue weighted by atomic mass is 10.2. The van der Waals surface area contributed by atoms with E-state index in [1.54, 1.807) is 43.5 Å². The van der Waals surface area contributed by atoms with Gasteiger partial charge in [-0.3, -0.25) is 0 Å². The standard InChI is InChI=1S/C14H13ClO3/c1-17-14-6-5-10(7-13(14)15)9-18-12-4-2-3-11(16)8-12/h2-8,16H,9H2,1H3. The topological polar surface area (TPSA) is 38.7 Å². The second-order valence-corrected chi connectivity index (χ2v) is 4.16. The summed E-state index contributed by atoms with van der Waals surface area (Å²) in [5.41, 5.74) is 0.934. The fourth-order valence-corrected chi connectivity index (χ4v) is 1.82. The first-order valence-electron chi connectivity index (χ1n) is 5.43. The van der Waals surface area contributed by atoms with Crippen molar-refractivity contribution in [2.75, 3.05) is 7.11 Å². The summed E-state index contributed by atoms with van der Waals surface area (Å²) < 4.78 is 10.6. The molecule has 0 fully saturated rings. The summed E-state index contributed by atoms with van der Waals surface area (Å²) in [6, 6.07) is 12.1. The van der Waals surface area contributed by atoms with Crippen molar-refractivity contribution in [2.24, 2.45) is 0 Å². The third-order valence-electron chi connectivity index (χ3n) is 2.44. The molecule has 2 aromatic carbocycles. The Morgan fingerprint density at radius 1 is 1.17 bits per heavy atom. The van der Waals surface area contributed by atoms with E-state index in [1.807, 2.05) is 6.07 Å². The summed E-state index contributed by atoms with van der Waals surface area (Å²) in [5, 5.41) is 9.86. The van der Waals surface area contributed by atoms with Crippen molar-refractivity contribution < 1.29 is 14.6 Å². The minimum Gasteiger partial charge on any atom is -0.508 e. The van der Waals surface area contributed by atoms with Gasteiger partial charge >= 0.3 is 0 Å². The van der Waals surface area contributed by atoms with Crippen molar-refractivity contribution in [3.05, 3.63) is 53.1 Å². The number of phenols is 1. The first-order valence-corrected chi connectivity index (χ1v) is 5.81. The molecular formula is C14H13ClO3. The Labute approximate surface area is 111 Å². The van der Waals surface area contributed by atoms with Crippen molar-refractivity contribution in [3.63, 3.8) is 0 Å². The first kappa shape index (κ1) is 12.6. The summed E-state index contributed by atoms with van der Waals surface area (Å²) in [7, 11) is 1.57. The first-order chi connectivity index (χ1) is 8.69. The second-order valence-electron chi connectivity index (χ2n) is 3.75. The maximum absolute atomic E-state index is 9.31. The molecule has 4 heteroatoms. The lowest BCUT2D eigenvalue weighted by Gasteiger charge is -2.08. The average Bonchev–Trinajstić information content (AvgIpc) is 2.37. The van der Waals surface area contributed by atoms with Gasteiger partial charge in [-0.05, 0) is 29.8 Å². The van der Waals surface area contributed by atoms with E-state index in [9.17, 15) is 5.11 Å². The fraction of sp³-hybridized carbons (Fsp3) is 0.143. The Morgan fingerprint density at radius 2 is 2.00 bits per heavy atom. The molecule has 0 saturated heterocycles. The molecule has 0 aliphatic heterocycles. The van der Waals surface area contributed by atoms with E-state index >= 15 is 0 Å². The number of rotatable bonds is 4. The van der Waals surface area contributed by atoms with Crippen molar-refractivity contribution in [1.82, 2.24) is 0 Å². The van der Waals surface area contributed by atoms with Crippen molar-refractivity contribution in [1.29, 1.82) is 0 Å². The molecule has 0 saturated carbocycles. The van der Waals surface area contributed by atoms with Crippen LogP contribution in [0.25, 0.3) is 0 Å². The van der Waals surface area contributed by atoms with Crippen LogP contribution in [0.15, 0.2) is 42.5 Å².